The van der Waals surface area contributed by atoms with E-state index >= 15 is 0 Å². The summed E-state index contributed by atoms with van der Waals surface area (Å²) in [5.41, 5.74) is 2.66. The molecule has 0 aliphatic heterocycles. The largest absolute Gasteiger partial charge is 0.396 e. The van der Waals surface area contributed by atoms with Crippen LogP contribution in [0.4, 0.5) is 0 Å². The van der Waals surface area contributed by atoms with E-state index in [1.807, 2.05) is 0 Å². The minimum atomic E-state index is 0.284. The second kappa shape index (κ2) is 4.35. The van der Waals surface area contributed by atoms with Crippen LogP contribution in [0.2, 0.25) is 0 Å². The van der Waals surface area contributed by atoms with Crippen LogP contribution in [0.3, 0.4) is 0 Å². The molecule has 0 bridgehead atoms. The number of rotatable bonds is 4. The van der Waals surface area contributed by atoms with E-state index in [2.05, 4.69) is 12.7 Å². The summed E-state index contributed by atoms with van der Waals surface area (Å²) in [5.74, 6) is 0. The fourth-order valence-corrected chi connectivity index (χ4v) is 1.44. The third-order valence-electron chi connectivity index (χ3n) is 2.13. The molecule has 0 saturated heterocycles. The molecule has 0 spiro atoms. The Balaban J connectivity index is 2.29. The summed E-state index contributed by atoms with van der Waals surface area (Å²) >= 11 is 0. The highest BCUT2D eigenvalue weighted by atomic mass is 16.2. The maximum atomic E-state index is 8.60. The van der Waals surface area contributed by atoms with Gasteiger partial charge in [-0.25, -0.2) is 0 Å². The van der Waals surface area contributed by atoms with Crippen LogP contribution < -0.4 is 0 Å². The third kappa shape index (κ3) is 2.51. The van der Waals surface area contributed by atoms with E-state index in [1.54, 1.807) is 0 Å². The molecule has 62 valence electrons. The summed E-state index contributed by atoms with van der Waals surface area (Å²) in [7, 11) is 0. The zero-order valence-corrected chi connectivity index (χ0v) is 6.97. The molecule has 0 fully saturated rings. The Labute approximate surface area is 68.4 Å². The highest BCUT2D eigenvalue weighted by Crippen LogP contribution is 2.25. The van der Waals surface area contributed by atoms with E-state index < -0.39 is 0 Å². The smallest absolute Gasteiger partial charge is 0.0434 e. The monoisotopic (exact) mass is 152 g/mol. The number of hydrogen-bond acceptors (Lipinski definition) is 1. The second-order valence-corrected chi connectivity index (χ2v) is 3.05. The van der Waals surface area contributed by atoms with E-state index in [0.29, 0.717) is 0 Å². The van der Waals surface area contributed by atoms with Crippen LogP contribution in [0.25, 0.3) is 0 Å². The molecule has 0 aromatic carbocycles. The van der Waals surface area contributed by atoms with Crippen molar-refractivity contribution in [3.05, 3.63) is 23.8 Å². The minimum Gasteiger partial charge on any atom is -0.396 e. The van der Waals surface area contributed by atoms with Crippen molar-refractivity contribution in [2.45, 2.75) is 32.1 Å². The minimum absolute atomic E-state index is 0.284. The van der Waals surface area contributed by atoms with Gasteiger partial charge in [0.1, 0.15) is 0 Å². The van der Waals surface area contributed by atoms with Gasteiger partial charge in [-0.3, -0.25) is 0 Å². The zero-order valence-electron chi connectivity index (χ0n) is 6.97. The molecule has 0 saturated carbocycles. The van der Waals surface area contributed by atoms with E-state index in [9.17, 15) is 0 Å². The number of allylic oxidation sites excluding steroid dienone is 3. The van der Waals surface area contributed by atoms with Gasteiger partial charge in [0.15, 0.2) is 0 Å². The first-order valence-electron chi connectivity index (χ1n) is 4.32. The quantitative estimate of drug-likeness (QED) is 0.656. The van der Waals surface area contributed by atoms with Crippen molar-refractivity contribution >= 4 is 0 Å². The first kappa shape index (κ1) is 8.54. The molecule has 0 unspecified atom stereocenters. The Hall–Kier alpha value is -0.560. The highest BCUT2D eigenvalue weighted by molar-refractivity contribution is 5.30. The van der Waals surface area contributed by atoms with Gasteiger partial charge in [0, 0.05) is 6.61 Å². The van der Waals surface area contributed by atoms with E-state index in [4.69, 9.17) is 5.11 Å². The van der Waals surface area contributed by atoms with Crippen LogP contribution in [0.15, 0.2) is 23.8 Å². The van der Waals surface area contributed by atoms with E-state index in [1.165, 1.54) is 30.4 Å². The molecule has 11 heavy (non-hydrogen) atoms. The van der Waals surface area contributed by atoms with Crippen molar-refractivity contribution in [1.29, 1.82) is 0 Å². The SMILES string of the molecule is C=C(CCCO)C1=CCCC1. The van der Waals surface area contributed by atoms with Gasteiger partial charge in [-0.15, -0.1) is 0 Å². The molecule has 0 amide bonds. The van der Waals surface area contributed by atoms with Gasteiger partial charge in [-0.1, -0.05) is 18.2 Å². The predicted molar refractivity (Wildman–Crippen MR) is 47.4 cm³/mol. The molecule has 1 nitrogen and oxygen atoms in total. The summed E-state index contributed by atoms with van der Waals surface area (Å²) in [5, 5.41) is 8.60. The Morgan fingerprint density at radius 3 is 3.00 bits per heavy atom. The van der Waals surface area contributed by atoms with E-state index in [-0.39, 0.29) is 6.61 Å². The zero-order chi connectivity index (χ0) is 8.10. The molecule has 0 heterocycles. The van der Waals surface area contributed by atoms with Crippen LogP contribution >= 0.6 is 0 Å². The van der Waals surface area contributed by atoms with Crippen molar-refractivity contribution in [3.63, 3.8) is 0 Å². The Bertz CT molecular complexity index is 168. The highest BCUT2D eigenvalue weighted by Gasteiger charge is 2.06. The van der Waals surface area contributed by atoms with Crippen molar-refractivity contribution < 1.29 is 5.11 Å². The van der Waals surface area contributed by atoms with Crippen molar-refractivity contribution in [3.8, 4) is 0 Å². The molecule has 1 N–H and O–H groups in total. The molecule has 1 heteroatoms. The number of hydrogen-bond donors (Lipinski definition) is 1. The van der Waals surface area contributed by atoms with Crippen LogP contribution in [0.1, 0.15) is 32.1 Å². The maximum Gasteiger partial charge on any atom is 0.0434 e. The lowest BCUT2D eigenvalue weighted by atomic mass is 10.0. The van der Waals surface area contributed by atoms with Crippen LogP contribution in [-0.2, 0) is 0 Å². The van der Waals surface area contributed by atoms with Crippen molar-refractivity contribution in [1.82, 2.24) is 0 Å². The number of aliphatic hydroxyl groups is 1. The topological polar surface area (TPSA) is 20.2 Å². The predicted octanol–water partition coefficient (Wildman–Crippen LogP) is 2.43. The first-order valence-corrected chi connectivity index (χ1v) is 4.32. The fraction of sp³-hybridized carbons (Fsp3) is 0.600. The summed E-state index contributed by atoms with van der Waals surface area (Å²) in [6.07, 6.45) is 7.80. The molecule has 0 aromatic rings. The maximum absolute atomic E-state index is 8.60. The molecule has 1 aliphatic carbocycles. The van der Waals surface area contributed by atoms with Crippen LogP contribution in [0.5, 0.6) is 0 Å². The lowest BCUT2D eigenvalue weighted by Gasteiger charge is -2.04. The van der Waals surface area contributed by atoms with Gasteiger partial charge in [0.25, 0.3) is 0 Å². The molecule has 0 atom stereocenters. The summed E-state index contributed by atoms with van der Waals surface area (Å²) in [6, 6.07) is 0. The molecular weight excluding hydrogens is 136 g/mol. The van der Waals surface area contributed by atoms with Gasteiger partial charge in [-0.05, 0) is 37.7 Å². The van der Waals surface area contributed by atoms with E-state index in [0.717, 1.165) is 12.8 Å². The Morgan fingerprint density at radius 2 is 2.45 bits per heavy atom. The lowest BCUT2D eigenvalue weighted by molar-refractivity contribution is 0.288. The normalized spacial score (nSPS) is 16.6. The van der Waals surface area contributed by atoms with Gasteiger partial charge in [0.05, 0.1) is 0 Å². The standard InChI is InChI=1S/C10H16O/c1-9(5-4-8-11)10-6-2-3-7-10/h6,11H,1-5,7-8H2. The average Bonchev–Trinajstić information content (AvgIpc) is 2.52. The molecular formula is C10H16O. The van der Waals surface area contributed by atoms with Crippen LogP contribution in [0, 0.1) is 0 Å². The third-order valence-corrected chi connectivity index (χ3v) is 2.13. The van der Waals surface area contributed by atoms with Gasteiger partial charge < -0.3 is 5.11 Å². The lowest BCUT2D eigenvalue weighted by Crippen LogP contribution is -1.88. The van der Waals surface area contributed by atoms with Crippen LogP contribution in [-0.4, -0.2) is 11.7 Å². The van der Waals surface area contributed by atoms with Crippen molar-refractivity contribution in [2.75, 3.05) is 6.61 Å². The van der Waals surface area contributed by atoms with Gasteiger partial charge in [0.2, 0.25) is 0 Å². The summed E-state index contributed by atoms with van der Waals surface area (Å²) in [6.45, 7) is 4.28. The average molecular weight is 152 g/mol. The first-order chi connectivity index (χ1) is 5.34. The molecule has 1 aliphatic rings. The summed E-state index contributed by atoms with van der Waals surface area (Å²) < 4.78 is 0. The summed E-state index contributed by atoms with van der Waals surface area (Å²) in [4.78, 5) is 0. The molecule has 0 radical (unpaired) electrons. The number of aliphatic hydroxyl groups excluding tert-OH is 1. The molecule has 1 rings (SSSR count). The van der Waals surface area contributed by atoms with Gasteiger partial charge >= 0.3 is 0 Å². The second-order valence-electron chi connectivity index (χ2n) is 3.05. The molecule has 0 aromatic heterocycles. The Kier molecular flexibility index (Phi) is 3.37. The van der Waals surface area contributed by atoms with Crippen molar-refractivity contribution in [2.24, 2.45) is 0 Å². The van der Waals surface area contributed by atoms with Gasteiger partial charge in [-0.2, -0.15) is 0 Å². The Morgan fingerprint density at radius 1 is 1.64 bits per heavy atom. The fourth-order valence-electron chi connectivity index (χ4n) is 1.44.